The van der Waals surface area contributed by atoms with Gasteiger partial charge in [0.25, 0.3) is 5.69 Å². The van der Waals surface area contributed by atoms with Crippen molar-refractivity contribution >= 4 is 50.0 Å². The molecule has 0 radical (unpaired) electrons. The maximum Gasteiger partial charge on any atom is 0.270 e. The van der Waals surface area contributed by atoms with Crippen LogP contribution in [0, 0.1) is 10.1 Å². The molecule has 0 spiro atoms. The van der Waals surface area contributed by atoms with Gasteiger partial charge in [-0.1, -0.05) is 48.2 Å². The molecule has 0 unspecified atom stereocenters. The average molecular weight is 441 g/mol. The molecule has 0 aliphatic heterocycles. The van der Waals surface area contributed by atoms with E-state index in [9.17, 15) is 14.9 Å². The number of nitrogens with zero attached hydrogens (tertiary/aromatic N) is 6. The van der Waals surface area contributed by atoms with E-state index < -0.39 is 10.2 Å². The fraction of sp³-hybridized carbons (Fsp3) is 0.167. The molecule has 2 aromatic heterocycles. The lowest BCUT2D eigenvalue weighted by Gasteiger charge is -2.12. The third-order valence-electron chi connectivity index (χ3n) is 4.17. The number of thioether (sulfide) groups is 1. The van der Waals surface area contributed by atoms with Crippen molar-refractivity contribution in [3.05, 3.63) is 58.6 Å². The molecule has 0 aliphatic carbocycles. The first-order valence-corrected chi connectivity index (χ1v) is 10.6. The van der Waals surface area contributed by atoms with E-state index in [1.165, 1.54) is 35.2 Å². The van der Waals surface area contributed by atoms with Gasteiger partial charge in [0.05, 0.1) is 26.1 Å². The summed E-state index contributed by atoms with van der Waals surface area (Å²) in [6.45, 7) is 1.90. The fourth-order valence-corrected chi connectivity index (χ4v) is 4.51. The molecule has 12 heteroatoms. The number of benzene rings is 2. The Morgan fingerprint density at radius 3 is 2.83 bits per heavy atom. The quantitative estimate of drug-likeness (QED) is 0.261. The van der Waals surface area contributed by atoms with Crippen LogP contribution in [0.4, 0.5) is 10.8 Å². The van der Waals surface area contributed by atoms with Gasteiger partial charge >= 0.3 is 0 Å². The van der Waals surface area contributed by atoms with Crippen molar-refractivity contribution in [2.24, 2.45) is 0 Å². The number of hydrogen-bond acceptors (Lipinski definition) is 9. The zero-order chi connectivity index (χ0) is 21.1. The van der Waals surface area contributed by atoms with E-state index in [4.69, 9.17) is 0 Å². The first-order chi connectivity index (χ1) is 14.5. The molecule has 10 nitrogen and oxygen atoms in total. The highest BCUT2D eigenvalue weighted by Gasteiger charge is 2.23. The number of aromatic nitrogens is 5. The van der Waals surface area contributed by atoms with Crippen LogP contribution in [0.15, 0.2) is 53.7 Å². The van der Waals surface area contributed by atoms with Crippen molar-refractivity contribution in [1.82, 2.24) is 25.2 Å². The Morgan fingerprint density at radius 1 is 1.30 bits per heavy atom. The molecule has 1 N–H and O–H groups in total. The Balaban J connectivity index is 1.51. The van der Waals surface area contributed by atoms with E-state index in [2.05, 4.69) is 25.8 Å². The summed E-state index contributed by atoms with van der Waals surface area (Å²) < 4.78 is 2.21. The number of fused-ring (bicyclic) bond motifs is 1. The summed E-state index contributed by atoms with van der Waals surface area (Å²) >= 11 is 2.45. The van der Waals surface area contributed by atoms with Crippen molar-refractivity contribution in [2.45, 2.75) is 23.8 Å². The number of hydrogen-bond donors (Lipinski definition) is 1. The number of carbonyl (C=O) groups is 1. The molecule has 4 rings (SSSR count). The van der Waals surface area contributed by atoms with Crippen LogP contribution >= 0.6 is 23.1 Å². The Morgan fingerprint density at radius 2 is 2.10 bits per heavy atom. The van der Waals surface area contributed by atoms with Gasteiger partial charge in [-0.05, 0) is 35.0 Å². The highest BCUT2D eigenvalue weighted by molar-refractivity contribution is 8.00. The number of tetrazole rings is 1. The van der Waals surface area contributed by atoms with Crippen molar-refractivity contribution in [3.63, 3.8) is 0 Å². The molecule has 0 aliphatic rings. The summed E-state index contributed by atoms with van der Waals surface area (Å²) in [5.41, 5.74) is 1.38. The largest absolute Gasteiger partial charge is 0.301 e. The van der Waals surface area contributed by atoms with Gasteiger partial charge in [-0.2, -0.15) is 4.68 Å². The van der Waals surface area contributed by atoms with Crippen LogP contribution in [-0.4, -0.2) is 41.3 Å². The number of non-ortho nitro benzene ring substituents is 1. The smallest absolute Gasteiger partial charge is 0.270 e. The van der Waals surface area contributed by atoms with E-state index >= 15 is 0 Å². The lowest BCUT2D eigenvalue weighted by Crippen LogP contribution is -2.25. The Labute approximate surface area is 178 Å². The van der Waals surface area contributed by atoms with Crippen LogP contribution in [0.1, 0.15) is 13.3 Å². The van der Waals surface area contributed by atoms with Gasteiger partial charge in [0.1, 0.15) is 0 Å². The molecule has 2 aromatic carbocycles. The molecule has 0 saturated heterocycles. The topological polar surface area (TPSA) is 129 Å². The Hall–Kier alpha value is -3.38. The van der Waals surface area contributed by atoms with E-state index in [0.717, 1.165) is 5.69 Å². The second kappa shape index (κ2) is 8.55. The molecule has 1 atom stereocenters. The van der Waals surface area contributed by atoms with Gasteiger partial charge in [-0.3, -0.25) is 14.9 Å². The molecule has 0 saturated carbocycles. The summed E-state index contributed by atoms with van der Waals surface area (Å²) in [5, 5.41) is 26.0. The predicted octanol–water partition coefficient (Wildman–Crippen LogP) is 3.69. The van der Waals surface area contributed by atoms with Crippen LogP contribution in [0.25, 0.3) is 15.9 Å². The predicted molar refractivity (Wildman–Crippen MR) is 114 cm³/mol. The molecule has 0 fully saturated rings. The van der Waals surface area contributed by atoms with Crippen molar-refractivity contribution < 1.29 is 9.72 Å². The SMILES string of the molecule is CC[C@@H](Sc1nnnn1-c1ccccc1)C(=O)Nc1nc2ccc([N+](=O)[O-])cc2s1. The van der Waals surface area contributed by atoms with E-state index in [1.807, 2.05) is 37.3 Å². The third-order valence-corrected chi connectivity index (χ3v) is 6.40. The van der Waals surface area contributed by atoms with Gasteiger partial charge in [0.15, 0.2) is 5.13 Å². The minimum atomic E-state index is -0.460. The molecule has 152 valence electrons. The lowest BCUT2D eigenvalue weighted by molar-refractivity contribution is -0.384. The van der Waals surface area contributed by atoms with Crippen LogP contribution in [0.3, 0.4) is 0 Å². The van der Waals surface area contributed by atoms with Crippen molar-refractivity contribution in [2.75, 3.05) is 5.32 Å². The minimum Gasteiger partial charge on any atom is -0.301 e. The molecule has 2 heterocycles. The number of carbonyl (C=O) groups excluding carboxylic acids is 1. The Kier molecular flexibility index (Phi) is 5.68. The van der Waals surface area contributed by atoms with Crippen LogP contribution in [0.5, 0.6) is 0 Å². The summed E-state index contributed by atoms with van der Waals surface area (Å²) in [7, 11) is 0. The highest BCUT2D eigenvalue weighted by atomic mass is 32.2. The second-order valence-electron chi connectivity index (χ2n) is 6.14. The van der Waals surface area contributed by atoms with Crippen molar-refractivity contribution in [1.29, 1.82) is 0 Å². The summed E-state index contributed by atoms with van der Waals surface area (Å²) in [6, 6.07) is 13.8. The monoisotopic (exact) mass is 441 g/mol. The van der Waals surface area contributed by atoms with Gasteiger partial charge in [-0.25, -0.2) is 4.98 Å². The normalized spacial score (nSPS) is 12.0. The number of nitro benzene ring substituents is 1. The molecule has 30 heavy (non-hydrogen) atoms. The van der Waals surface area contributed by atoms with Gasteiger partial charge in [0, 0.05) is 12.1 Å². The summed E-state index contributed by atoms with van der Waals surface area (Å²) in [5.74, 6) is -0.237. The standard InChI is InChI=1S/C18H15N7O3S2/c1-2-14(30-18-21-22-23-24(18)11-6-4-3-5-7-11)16(26)20-17-19-13-9-8-12(25(27)28)10-15(13)29-17/h3-10,14H,2H2,1H3,(H,19,20,26)/t14-/m1/s1. The zero-order valence-electron chi connectivity index (χ0n) is 15.6. The fourth-order valence-electron chi connectivity index (χ4n) is 2.70. The summed E-state index contributed by atoms with van der Waals surface area (Å²) in [6.07, 6.45) is 0.550. The number of anilines is 1. The molecule has 1 amide bonds. The zero-order valence-corrected chi connectivity index (χ0v) is 17.3. The van der Waals surface area contributed by atoms with Gasteiger partial charge < -0.3 is 5.32 Å². The number of nitro groups is 1. The molecular formula is C18H15N7O3S2. The van der Waals surface area contributed by atoms with Crippen molar-refractivity contribution in [3.8, 4) is 5.69 Å². The van der Waals surface area contributed by atoms with E-state index in [1.54, 1.807) is 10.7 Å². The van der Waals surface area contributed by atoms with Crippen LogP contribution in [0.2, 0.25) is 0 Å². The number of para-hydroxylation sites is 1. The van der Waals surface area contributed by atoms with Crippen LogP contribution in [-0.2, 0) is 4.79 Å². The first kappa shape index (κ1) is 19.9. The van der Waals surface area contributed by atoms with Gasteiger partial charge in [-0.15, -0.1) is 5.10 Å². The molecular weight excluding hydrogens is 426 g/mol. The third kappa shape index (κ3) is 4.14. The lowest BCUT2D eigenvalue weighted by atomic mass is 10.3. The summed E-state index contributed by atoms with van der Waals surface area (Å²) in [4.78, 5) is 27.6. The maximum absolute atomic E-state index is 12.8. The van der Waals surface area contributed by atoms with E-state index in [0.29, 0.717) is 26.9 Å². The average Bonchev–Trinajstić information content (AvgIpc) is 3.37. The van der Waals surface area contributed by atoms with E-state index in [-0.39, 0.29) is 11.6 Å². The number of rotatable bonds is 7. The van der Waals surface area contributed by atoms with Gasteiger partial charge in [0.2, 0.25) is 11.1 Å². The first-order valence-electron chi connectivity index (χ1n) is 8.91. The Bertz CT molecular complexity index is 1210. The number of thiazole rings is 1. The van der Waals surface area contributed by atoms with Crippen LogP contribution < -0.4 is 5.32 Å². The second-order valence-corrected chi connectivity index (χ2v) is 8.34. The number of amides is 1. The highest BCUT2D eigenvalue weighted by Crippen LogP contribution is 2.31. The molecule has 0 bridgehead atoms. The molecule has 4 aromatic rings. The number of nitrogens with one attached hydrogen (secondary N) is 1. The maximum atomic E-state index is 12.8. The minimum absolute atomic E-state index is 0.0150.